The number of rotatable bonds is 8. The topological polar surface area (TPSA) is 35.8 Å². The van der Waals surface area contributed by atoms with Crippen LogP contribution in [0.15, 0.2) is 0 Å². The Morgan fingerprint density at radius 2 is 1.92 bits per heavy atom. The summed E-state index contributed by atoms with van der Waals surface area (Å²) >= 11 is 0. The molecule has 0 radical (unpaired) electrons. The maximum Gasteiger partial charge on any atom is 0.0621 e. The lowest BCUT2D eigenvalue weighted by Gasteiger charge is -2.14. The Hall–Kier alpha value is -0.550. The number of hydrogen-bond acceptors (Lipinski definition) is 2. The van der Waals surface area contributed by atoms with Crippen LogP contribution >= 0.6 is 0 Å². The summed E-state index contributed by atoms with van der Waals surface area (Å²) in [6, 6.07) is 2.85. The van der Waals surface area contributed by atoms with Gasteiger partial charge in [0.05, 0.1) is 6.07 Å². The van der Waals surface area contributed by atoms with Crippen LogP contribution in [-0.4, -0.2) is 13.1 Å². The first-order valence-electron chi connectivity index (χ1n) is 5.39. The van der Waals surface area contributed by atoms with E-state index in [1.165, 1.54) is 32.1 Å². The van der Waals surface area contributed by atoms with E-state index in [-0.39, 0.29) is 0 Å². The third kappa shape index (κ3) is 7.80. The maximum absolute atomic E-state index is 8.36. The maximum atomic E-state index is 8.36. The van der Waals surface area contributed by atoms with Gasteiger partial charge in [-0.15, -0.1) is 0 Å². The van der Waals surface area contributed by atoms with Crippen LogP contribution in [0.4, 0.5) is 0 Å². The van der Waals surface area contributed by atoms with Crippen molar-refractivity contribution in [1.29, 1.82) is 5.26 Å². The fourth-order valence-electron chi connectivity index (χ4n) is 1.48. The Kier molecular flexibility index (Phi) is 9.13. The Bertz CT molecular complexity index is 138. The molecule has 0 saturated carbocycles. The second-order valence-electron chi connectivity index (χ2n) is 3.53. The molecule has 2 nitrogen and oxygen atoms in total. The zero-order chi connectivity index (χ0) is 9.94. The van der Waals surface area contributed by atoms with Gasteiger partial charge in [-0.05, 0) is 26.3 Å². The van der Waals surface area contributed by atoms with Gasteiger partial charge in [-0.1, -0.05) is 26.2 Å². The van der Waals surface area contributed by atoms with Crippen molar-refractivity contribution in [3.05, 3.63) is 0 Å². The van der Waals surface area contributed by atoms with E-state index in [1.807, 2.05) is 7.05 Å². The second-order valence-corrected chi connectivity index (χ2v) is 3.53. The number of unbranched alkanes of at least 4 members (excludes halogenated alkanes) is 3. The number of nitrogens with zero attached hydrogens (tertiary/aromatic N) is 1. The van der Waals surface area contributed by atoms with E-state index >= 15 is 0 Å². The summed E-state index contributed by atoms with van der Waals surface area (Å²) in [6.45, 7) is 2.22. The molecule has 1 atom stereocenters. The minimum absolute atomic E-state index is 0.665. The molecule has 13 heavy (non-hydrogen) atoms. The van der Waals surface area contributed by atoms with E-state index in [0.29, 0.717) is 12.5 Å². The Balaban J connectivity index is 3.32. The van der Waals surface area contributed by atoms with E-state index in [4.69, 9.17) is 5.26 Å². The van der Waals surface area contributed by atoms with Gasteiger partial charge in [0.15, 0.2) is 0 Å². The van der Waals surface area contributed by atoms with Crippen molar-refractivity contribution in [1.82, 2.24) is 5.32 Å². The number of nitrogens with one attached hydrogen (secondary N) is 1. The predicted molar refractivity (Wildman–Crippen MR) is 56.5 cm³/mol. The molecule has 0 aromatic rings. The third-order valence-electron chi connectivity index (χ3n) is 2.41. The van der Waals surface area contributed by atoms with E-state index < -0.39 is 0 Å². The minimum Gasteiger partial charge on any atom is -0.317 e. The highest BCUT2D eigenvalue weighted by Crippen LogP contribution is 2.08. The van der Waals surface area contributed by atoms with E-state index in [2.05, 4.69) is 18.3 Å². The van der Waals surface area contributed by atoms with Crippen LogP contribution in [-0.2, 0) is 0 Å². The molecule has 0 amide bonds. The zero-order valence-corrected chi connectivity index (χ0v) is 8.97. The molecule has 0 fully saturated rings. The van der Waals surface area contributed by atoms with Crippen molar-refractivity contribution in [2.45, 2.75) is 57.9 Å². The molecule has 0 aliphatic rings. The fourth-order valence-corrected chi connectivity index (χ4v) is 1.48. The molecule has 0 spiro atoms. The fraction of sp³-hybridized carbons (Fsp3) is 0.909. The smallest absolute Gasteiger partial charge is 0.0621 e. The van der Waals surface area contributed by atoms with Crippen molar-refractivity contribution in [3.63, 3.8) is 0 Å². The minimum atomic E-state index is 0.665. The largest absolute Gasteiger partial charge is 0.317 e. The molecule has 0 aromatic carbocycles. The first-order chi connectivity index (χ1) is 6.35. The first kappa shape index (κ1) is 12.4. The lowest BCUT2D eigenvalue weighted by atomic mass is 10.0. The quantitative estimate of drug-likeness (QED) is 0.586. The molecule has 0 aliphatic carbocycles. The highest BCUT2D eigenvalue weighted by atomic mass is 14.9. The van der Waals surface area contributed by atoms with Gasteiger partial charge in [0.25, 0.3) is 0 Å². The van der Waals surface area contributed by atoms with Gasteiger partial charge in [0.1, 0.15) is 0 Å². The summed E-state index contributed by atoms with van der Waals surface area (Å²) in [4.78, 5) is 0. The molecule has 0 aromatic heterocycles. The van der Waals surface area contributed by atoms with Gasteiger partial charge in [-0.25, -0.2) is 0 Å². The second kappa shape index (κ2) is 9.54. The molecule has 0 bridgehead atoms. The monoisotopic (exact) mass is 182 g/mol. The summed E-state index contributed by atoms with van der Waals surface area (Å²) in [6.07, 6.45) is 8.03. The van der Waals surface area contributed by atoms with Crippen molar-refractivity contribution in [2.75, 3.05) is 7.05 Å². The van der Waals surface area contributed by atoms with E-state index in [0.717, 1.165) is 6.42 Å². The van der Waals surface area contributed by atoms with Crippen molar-refractivity contribution in [2.24, 2.45) is 0 Å². The van der Waals surface area contributed by atoms with Crippen LogP contribution in [0.3, 0.4) is 0 Å². The average molecular weight is 182 g/mol. The molecule has 2 heteroatoms. The van der Waals surface area contributed by atoms with E-state index in [1.54, 1.807) is 0 Å². The standard InChI is InChI=1S/C11H22N2/c1-3-4-8-11(13-2)9-6-5-7-10-12/h11,13H,3-9H2,1-2H3. The summed E-state index contributed by atoms with van der Waals surface area (Å²) < 4.78 is 0. The highest BCUT2D eigenvalue weighted by molar-refractivity contribution is 4.70. The predicted octanol–water partition coefficient (Wildman–Crippen LogP) is 2.85. The van der Waals surface area contributed by atoms with Gasteiger partial charge in [0, 0.05) is 12.5 Å². The first-order valence-corrected chi connectivity index (χ1v) is 5.39. The summed E-state index contributed by atoms with van der Waals surface area (Å²) in [5.74, 6) is 0. The molecular weight excluding hydrogens is 160 g/mol. The van der Waals surface area contributed by atoms with Crippen molar-refractivity contribution in [3.8, 4) is 6.07 Å². The summed E-state index contributed by atoms with van der Waals surface area (Å²) in [5.41, 5.74) is 0. The van der Waals surface area contributed by atoms with Crippen LogP contribution in [0.5, 0.6) is 0 Å². The molecule has 1 N–H and O–H groups in total. The average Bonchev–Trinajstić information content (AvgIpc) is 2.17. The van der Waals surface area contributed by atoms with Gasteiger partial charge in [-0.3, -0.25) is 0 Å². The lowest BCUT2D eigenvalue weighted by Crippen LogP contribution is -2.24. The molecule has 1 unspecified atom stereocenters. The van der Waals surface area contributed by atoms with Crippen LogP contribution < -0.4 is 5.32 Å². The van der Waals surface area contributed by atoms with Gasteiger partial charge in [0.2, 0.25) is 0 Å². The van der Waals surface area contributed by atoms with E-state index in [9.17, 15) is 0 Å². The lowest BCUT2D eigenvalue weighted by molar-refractivity contribution is 0.453. The van der Waals surface area contributed by atoms with Crippen LogP contribution in [0.1, 0.15) is 51.9 Å². The molecule has 0 heterocycles. The van der Waals surface area contributed by atoms with Gasteiger partial charge < -0.3 is 5.32 Å². The Morgan fingerprint density at radius 3 is 2.46 bits per heavy atom. The Labute approximate surface area is 82.3 Å². The molecular formula is C11H22N2. The zero-order valence-electron chi connectivity index (χ0n) is 8.97. The van der Waals surface area contributed by atoms with Crippen LogP contribution in [0.2, 0.25) is 0 Å². The number of nitriles is 1. The van der Waals surface area contributed by atoms with Crippen LogP contribution in [0, 0.1) is 11.3 Å². The molecule has 0 aliphatic heterocycles. The van der Waals surface area contributed by atoms with Crippen LogP contribution in [0.25, 0.3) is 0 Å². The van der Waals surface area contributed by atoms with Gasteiger partial charge in [-0.2, -0.15) is 5.26 Å². The summed E-state index contributed by atoms with van der Waals surface area (Å²) in [7, 11) is 2.03. The van der Waals surface area contributed by atoms with Gasteiger partial charge >= 0.3 is 0 Å². The SMILES string of the molecule is CCCCC(CCCCC#N)NC. The summed E-state index contributed by atoms with van der Waals surface area (Å²) in [5, 5.41) is 11.7. The third-order valence-corrected chi connectivity index (χ3v) is 2.41. The molecule has 0 rings (SSSR count). The molecule has 76 valence electrons. The van der Waals surface area contributed by atoms with Crippen molar-refractivity contribution >= 4 is 0 Å². The highest BCUT2D eigenvalue weighted by Gasteiger charge is 2.03. The molecule has 0 saturated heterocycles. The Morgan fingerprint density at radius 1 is 1.23 bits per heavy atom. The normalized spacial score (nSPS) is 12.4. The number of hydrogen-bond donors (Lipinski definition) is 1. The van der Waals surface area contributed by atoms with Crippen molar-refractivity contribution < 1.29 is 0 Å².